The summed E-state index contributed by atoms with van der Waals surface area (Å²) >= 11 is 0. The number of fused-ring (bicyclic) bond motifs is 2. The molecule has 5 aromatic rings. The Morgan fingerprint density at radius 2 is 1.82 bits per heavy atom. The lowest BCUT2D eigenvalue weighted by Gasteiger charge is -2.27. The van der Waals surface area contributed by atoms with Gasteiger partial charge in [-0.05, 0) is 37.8 Å². The van der Waals surface area contributed by atoms with Gasteiger partial charge in [0.2, 0.25) is 5.95 Å². The quantitative estimate of drug-likeness (QED) is 0.0923. The van der Waals surface area contributed by atoms with Gasteiger partial charge >= 0.3 is 13.7 Å². The molecule has 2 aromatic heterocycles. The maximum absolute atomic E-state index is 14.5. The maximum atomic E-state index is 14.5. The minimum Gasteiger partial charge on any atom is -0.457 e. The fourth-order valence-electron chi connectivity index (χ4n) is 5.68. The Morgan fingerprint density at radius 3 is 2.57 bits per heavy atom. The van der Waals surface area contributed by atoms with Crippen LogP contribution in [0.15, 0.2) is 79.1 Å². The number of nitrogen functional groups attached to an aromatic ring is 1. The van der Waals surface area contributed by atoms with Crippen LogP contribution in [0.4, 0.5) is 11.8 Å². The highest BCUT2D eigenvalue weighted by Crippen LogP contribution is 2.48. The normalized spacial score (nSPS) is 23.2. The largest absolute Gasteiger partial charge is 0.459 e. The monoisotopic (exact) mass is 691 g/mol. The van der Waals surface area contributed by atoms with Crippen molar-refractivity contribution in [2.75, 3.05) is 24.7 Å². The summed E-state index contributed by atoms with van der Waals surface area (Å²) in [7, 11) is -2.77. The van der Waals surface area contributed by atoms with E-state index in [9.17, 15) is 19.6 Å². The Balaban J connectivity index is 1.25. The van der Waals surface area contributed by atoms with Crippen molar-refractivity contribution in [3.63, 3.8) is 0 Å². The molecule has 49 heavy (non-hydrogen) atoms. The van der Waals surface area contributed by atoms with Crippen molar-refractivity contribution in [3.8, 4) is 5.75 Å². The van der Waals surface area contributed by atoms with E-state index in [1.54, 1.807) is 32.2 Å². The van der Waals surface area contributed by atoms with Gasteiger partial charge < -0.3 is 35.3 Å². The Morgan fingerprint density at radius 1 is 1.10 bits per heavy atom. The average molecular weight is 692 g/mol. The first kappa shape index (κ1) is 34.2. The smallest absolute Gasteiger partial charge is 0.457 e. The first-order chi connectivity index (χ1) is 23.4. The molecule has 1 aliphatic heterocycles. The molecule has 16 heteroatoms. The molecule has 0 radical (unpaired) electrons. The first-order valence-electron chi connectivity index (χ1n) is 15.6. The number of rotatable bonds is 12. The molecule has 15 nitrogen and oxygen atoms in total. The molecule has 6 N–H and O–H groups in total. The van der Waals surface area contributed by atoms with E-state index in [2.05, 4.69) is 25.4 Å². The number of aliphatic hydroxyl groups excluding tert-OH is 1. The fourth-order valence-corrected chi connectivity index (χ4v) is 7.20. The first-order valence-corrected chi connectivity index (χ1v) is 17.1. The van der Waals surface area contributed by atoms with Crippen molar-refractivity contribution in [1.29, 1.82) is 0 Å². The van der Waals surface area contributed by atoms with Crippen molar-refractivity contribution < 1.29 is 38.1 Å². The molecular weight excluding hydrogens is 653 g/mol. The van der Waals surface area contributed by atoms with Gasteiger partial charge in [0.05, 0.1) is 12.9 Å². The van der Waals surface area contributed by atoms with E-state index in [0.29, 0.717) is 16.7 Å². The molecule has 0 aliphatic carbocycles. The van der Waals surface area contributed by atoms with E-state index in [1.165, 1.54) is 24.7 Å². The number of aromatic nitrogens is 4. The second-order valence-electron chi connectivity index (χ2n) is 11.9. The Labute approximate surface area is 282 Å². The third-order valence-corrected chi connectivity index (χ3v) is 9.96. The summed E-state index contributed by atoms with van der Waals surface area (Å²) in [5.74, 6) is -0.147. The van der Waals surface area contributed by atoms with Gasteiger partial charge in [0.15, 0.2) is 23.2 Å². The lowest BCUT2D eigenvalue weighted by Crippen LogP contribution is -2.44. The van der Waals surface area contributed by atoms with Crippen LogP contribution < -0.4 is 20.7 Å². The van der Waals surface area contributed by atoms with Crippen LogP contribution >= 0.6 is 7.75 Å². The molecule has 0 spiro atoms. The summed E-state index contributed by atoms with van der Waals surface area (Å²) in [5, 5.41) is 29.7. The van der Waals surface area contributed by atoms with E-state index in [-0.39, 0.29) is 17.3 Å². The van der Waals surface area contributed by atoms with Crippen molar-refractivity contribution in [2.24, 2.45) is 0 Å². The topological polar surface area (TPSA) is 205 Å². The SMILES string of the molecule is CNc1nc(N)nc2c1ncn2[C@H]1O[C@H](COP(=O)(N[C@@H](C)C(=O)OC(C)c2ccccc2)Oc2cccc3ccccc23)[C@@H](O)[C@@]1(C)O. The maximum Gasteiger partial charge on any atom is 0.459 e. The van der Waals surface area contributed by atoms with Crippen LogP contribution in [0.25, 0.3) is 21.9 Å². The molecule has 6 rings (SSSR count). The average Bonchev–Trinajstić information content (AvgIpc) is 3.60. The Hall–Kier alpha value is -4.63. The lowest BCUT2D eigenvalue weighted by molar-refractivity contribution is -0.150. The highest BCUT2D eigenvalue weighted by molar-refractivity contribution is 7.52. The molecule has 1 aliphatic rings. The highest BCUT2D eigenvalue weighted by atomic mass is 31.2. The third-order valence-electron chi connectivity index (χ3n) is 8.33. The van der Waals surface area contributed by atoms with Gasteiger partial charge in [0.25, 0.3) is 0 Å². The van der Waals surface area contributed by atoms with Crippen molar-refractivity contribution >= 4 is 47.4 Å². The van der Waals surface area contributed by atoms with Gasteiger partial charge in [-0.3, -0.25) is 13.9 Å². The standard InChI is InChI=1S/C33H38N7O8P/c1-19(30(42)46-20(2)21-11-6-5-7-12-21)39-49(44,48-24-16-10-14-22-13-8-9-15-23(22)24)45-17-25-27(41)33(3,43)31(47-25)40-18-36-26-28(35-4)37-32(34)38-29(26)40/h5-16,18-20,25,27,31,41,43H,17H2,1-4H3,(H,39,44)(H3,34,35,37,38)/t19-,20?,25+,27+,31-,33+,49?/m0/s1. The van der Waals surface area contributed by atoms with Gasteiger partial charge in [-0.1, -0.05) is 66.7 Å². The highest BCUT2D eigenvalue weighted by Gasteiger charge is 2.54. The van der Waals surface area contributed by atoms with E-state index in [1.807, 2.05) is 54.6 Å². The minimum absolute atomic E-state index is 0.0416. The van der Waals surface area contributed by atoms with E-state index >= 15 is 0 Å². The molecule has 3 heterocycles. The predicted molar refractivity (Wildman–Crippen MR) is 182 cm³/mol. The van der Waals surface area contributed by atoms with Gasteiger partial charge in [0.1, 0.15) is 35.7 Å². The number of carbonyl (C=O) groups is 1. The Bertz CT molecular complexity index is 2000. The summed E-state index contributed by atoms with van der Waals surface area (Å²) in [6, 6.07) is 20.6. The number of hydrogen-bond acceptors (Lipinski definition) is 13. The number of aliphatic hydroxyl groups is 2. The van der Waals surface area contributed by atoms with Gasteiger partial charge in [-0.2, -0.15) is 15.1 Å². The number of nitrogens with one attached hydrogen (secondary N) is 2. The van der Waals surface area contributed by atoms with Crippen LogP contribution in [0.5, 0.6) is 5.75 Å². The zero-order valence-electron chi connectivity index (χ0n) is 27.3. The second kappa shape index (κ2) is 13.7. The number of carbonyl (C=O) groups excluding carboxylic acids is 1. The molecule has 0 amide bonds. The molecule has 1 saturated heterocycles. The molecule has 1 fully saturated rings. The number of nitrogens with two attached hydrogens (primary N) is 1. The van der Waals surface area contributed by atoms with Crippen LogP contribution in [0.2, 0.25) is 0 Å². The zero-order valence-corrected chi connectivity index (χ0v) is 28.2. The molecule has 2 unspecified atom stereocenters. The van der Waals surface area contributed by atoms with Gasteiger partial charge in [-0.15, -0.1) is 0 Å². The van der Waals surface area contributed by atoms with Crippen molar-refractivity contribution in [3.05, 3.63) is 84.7 Å². The molecular formula is C33H38N7O8P. The predicted octanol–water partition coefficient (Wildman–Crippen LogP) is 4.10. The number of esters is 1. The van der Waals surface area contributed by atoms with Crippen LogP contribution in [-0.4, -0.2) is 73.2 Å². The number of benzene rings is 3. The molecule has 7 atom stereocenters. The van der Waals surface area contributed by atoms with Crippen molar-refractivity contribution in [1.82, 2.24) is 24.6 Å². The number of hydrogen-bond donors (Lipinski definition) is 5. The molecule has 0 bridgehead atoms. The summed E-state index contributed by atoms with van der Waals surface area (Å²) in [6.45, 7) is 4.07. The summed E-state index contributed by atoms with van der Waals surface area (Å²) < 4.78 is 39.6. The molecule has 3 aromatic carbocycles. The van der Waals surface area contributed by atoms with Crippen LogP contribution in [0.1, 0.15) is 38.7 Å². The van der Waals surface area contributed by atoms with Crippen LogP contribution in [-0.2, 0) is 23.4 Å². The summed E-state index contributed by atoms with van der Waals surface area (Å²) in [6.07, 6.45) is -3.15. The number of anilines is 2. The Kier molecular flexibility index (Phi) is 9.58. The van der Waals surface area contributed by atoms with E-state index in [4.69, 9.17) is 24.3 Å². The summed E-state index contributed by atoms with van der Waals surface area (Å²) in [5.41, 5.74) is 5.41. The van der Waals surface area contributed by atoms with E-state index < -0.39 is 56.5 Å². The second-order valence-corrected chi connectivity index (χ2v) is 13.6. The fraction of sp³-hybridized carbons (Fsp3) is 0.333. The van der Waals surface area contributed by atoms with Crippen molar-refractivity contribution in [2.45, 2.75) is 57.0 Å². The number of imidazole rings is 1. The van der Waals surface area contributed by atoms with Crippen LogP contribution in [0.3, 0.4) is 0 Å². The summed E-state index contributed by atoms with van der Waals surface area (Å²) in [4.78, 5) is 25.9. The molecule has 258 valence electrons. The third kappa shape index (κ3) is 6.95. The molecule has 0 saturated carbocycles. The zero-order chi connectivity index (χ0) is 34.9. The number of ether oxygens (including phenoxy) is 2. The lowest BCUT2D eigenvalue weighted by atomic mass is 9.96. The number of nitrogens with zero attached hydrogens (tertiary/aromatic N) is 4. The minimum atomic E-state index is -4.42. The van der Waals surface area contributed by atoms with Crippen LogP contribution in [0, 0.1) is 0 Å². The van der Waals surface area contributed by atoms with Gasteiger partial charge in [0, 0.05) is 12.4 Å². The van der Waals surface area contributed by atoms with E-state index in [0.717, 1.165) is 10.9 Å². The van der Waals surface area contributed by atoms with Gasteiger partial charge in [-0.25, -0.2) is 9.55 Å².